The Hall–Kier alpha value is -3.71. The van der Waals surface area contributed by atoms with Crippen LogP contribution in [-0.4, -0.2) is 21.9 Å². The summed E-state index contributed by atoms with van der Waals surface area (Å²) in [5, 5.41) is 8.64. The number of ether oxygens (including phenoxy) is 1. The predicted octanol–water partition coefficient (Wildman–Crippen LogP) is 5.65. The van der Waals surface area contributed by atoms with Crippen LogP contribution in [0.4, 0.5) is 0 Å². The highest BCUT2D eigenvalue weighted by molar-refractivity contribution is 9.10. The number of rotatable bonds is 8. The highest BCUT2D eigenvalue weighted by Crippen LogP contribution is 2.19. The number of para-hydroxylation sites is 1. The summed E-state index contributed by atoms with van der Waals surface area (Å²) in [5.41, 5.74) is 8.02. The molecule has 0 fully saturated rings. The van der Waals surface area contributed by atoms with Crippen molar-refractivity contribution in [2.24, 2.45) is 5.10 Å². The minimum atomic E-state index is -0.279. The highest BCUT2D eigenvalue weighted by Gasteiger charge is 2.08. The number of halogens is 1. The molecule has 0 saturated carbocycles. The van der Waals surface area contributed by atoms with E-state index in [9.17, 15) is 4.79 Å². The summed E-state index contributed by atoms with van der Waals surface area (Å²) in [5.74, 6) is 0.409. The molecule has 172 valence electrons. The molecule has 34 heavy (non-hydrogen) atoms. The molecule has 6 nitrogen and oxygen atoms in total. The van der Waals surface area contributed by atoms with Crippen LogP contribution >= 0.6 is 15.9 Å². The first-order chi connectivity index (χ1) is 16.5. The standard InChI is InChI=1S/C27H25BrN4O2/c1-19-13-20(2)32(31-19)17-21-7-5-10-23(14-21)27(33)30-29-16-24-9-3-4-12-26(24)34-18-22-8-6-11-25(28)15-22/h3-16H,17-18H2,1-2H3,(H,30,33)/b29-16+. The average Bonchev–Trinajstić information content (AvgIpc) is 3.14. The first-order valence-electron chi connectivity index (χ1n) is 10.9. The lowest BCUT2D eigenvalue weighted by Crippen LogP contribution is -2.18. The van der Waals surface area contributed by atoms with Gasteiger partial charge in [-0.3, -0.25) is 9.48 Å². The van der Waals surface area contributed by atoms with Gasteiger partial charge < -0.3 is 4.74 Å². The summed E-state index contributed by atoms with van der Waals surface area (Å²) in [6.45, 7) is 5.02. The van der Waals surface area contributed by atoms with Gasteiger partial charge in [-0.25, -0.2) is 5.43 Å². The Kier molecular flexibility index (Phi) is 7.54. The van der Waals surface area contributed by atoms with Crippen molar-refractivity contribution in [2.45, 2.75) is 27.0 Å². The molecule has 0 bridgehead atoms. The molecule has 0 saturated heterocycles. The van der Waals surface area contributed by atoms with E-state index in [0.29, 0.717) is 24.5 Å². The van der Waals surface area contributed by atoms with Crippen molar-refractivity contribution in [2.75, 3.05) is 0 Å². The molecule has 0 spiro atoms. The Morgan fingerprint density at radius 2 is 1.82 bits per heavy atom. The van der Waals surface area contributed by atoms with Crippen molar-refractivity contribution < 1.29 is 9.53 Å². The maximum absolute atomic E-state index is 12.7. The fourth-order valence-electron chi connectivity index (χ4n) is 3.55. The van der Waals surface area contributed by atoms with Gasteiger partial charge in [0.25, 0.3) is 5.91 Å². The van der Waals surface area contributed by atoms with E-state index in [1.165, 1.54) is 0 Å². The number of hydrazone groups is 1. The first kappa shape index (κ1) is 23.4. The van der Waals surface area contributed by atoms with Crippen LogP contribution in [0.15, 0.2) is 88.4 Å². The largest absolute Gasteiger partial charge is 0.488 e. The molecule has 3 aromatic carbocycles. The van der Waals surface area contributed by atoms with Crippen molar-refractivity contribution in [3.63, 3.8) is 0 Å². The third-order valence-electron chi connectivity index (χ3n) is 5.20. The molecule has 0 aliphatic carbocycles. The summed E-state index contributed by atoms with van der Waals surface area (Å²) in [6.07, 6.45) is 1.59. The highest BCUT2D eigenvalue weighted by atomic mass is 79.9. The third kappa shape index (κ3) is 6.20. The maximum atomic E-state index is 12.7. The number of aryl methyl sites for hydroxylation is 2. The van der Waals surface area contributed by atoms with E-state index in [2.05, 4.69) is 31.6 Å². The van der Waals surface area contributed by atoms with Crippen molar-refractivity contribution in [3.05, 3.63) is 117 Å². The number of hydrogen-bond donors (Lipinski definition) is 1. The van der Waals surface area contributed by atoms with Gasteiger partial charge in [0.2, 0.25) is 0 Å². The van der Waals surface area contributed by atoms with Gasteiger partial charge in [0.15, 0.2) is 0 Å². The average molecular weight is 517 g/mol. The Balaban J connectivity index is 1.39. The number of nitrogens with zero attached hydrogens (tertiary/aromatic N) is 3. The second-order valence-electron chi connectivity index (χ2n) is 7.94. The summed E-state index contributed by atoms with van der Waals surface area (Å²) in [7, 11) is 0. The summed E-state index contributed by atoms with van der Waals surface area (Å²) >= 11 is 3.47. The van der Waals surface area contributed by atoms with Gasteiger partial charge in [-0.1, -0.05) is 52.3 Å². The predicted molar refractivity (Wildman–Crippen MR) is 137 cm³/mol. The number of amides is 1. The molecular weight excluding hydrogens is 492 g/mol. The lowest BCUT2D eigenvalue weighted by Gasteiger charge is -2.09. The number of benzene rings is 3. The molecule has 0 atom stereocenters. The second kappa shape index (κ2) is 10.9. The van der Waals surface area contributed by atoms with Gasteiger partial charge in [0.1, 0.15) is 12.4 Å². The molecule has 0 aliphatic rings. The maximum Gasteiger partial charge on any atom is 0.271 e. The number of nitrogens with one attached hydrogen (secondary N) is 1. The lowest BCUT2D eigenvalue weighted by atomic mass is 10.1. The fourth-order valence-corrected chi connectivity index (χ4v) is 4.00. The van der Waals surface area contributed by atoms with Crippen molar-refractivity contribution in [3.8, 4) is 5.75 Å². The monoisotopic (exact) mass is 516 g/mol. The van der Waals surface area contributed by atoms with Crippen LogP contribution in [-0.2, 0) is 13.2 Å². The fraction of sp³-hybridized carbons (Fsp3) is 0.148. The van der Waals surface area contributed by atoms with Gasteiger partial charge in [-0.2, -0.15) is 10.2 Å². The zero-order valence-electron chi connectivity index (χ0n) is 19.0. The van der Waals surface area contributed by atoms with Gasteiger partial charge in [-0.15, -0.1) is 0 Å². The summed E-state index contributed by atoms with van der Waals surface area (Å²) < 4.78 is 8.90. The molecule has 0 radical (unpaired) electrons. The molecule has 1 amide bonds. The van der Waals surface area contributed by atoms with E-state index < -0.39 is 0 Å². The molecule has 0 aliphatic heterocycles. The number of carbonyl (C=O) groups is 1. The Morgan fingerprint density at radius 3 is 2.62 bits per heavy atom. The van der Waals surface area contributed by atoms with Crippen molar-refractivity contribution in [1.29, 1.82) is 0 Å². The van der Waals surface area contributed by atoms with Crippen molar-refractivity contribution >= 4 is 28.1 Å². The zero-order chi connectivity index (χ0) is 23.9. The minimum Gasteiger partial charge on any atom is -0.488 e. The van der Waals surface area contributed by atoms with Gasteiger partial charge >= 0.3 is 0 Å². The van der Waals surface area contributed by atoms with E-state index >= 15 is 0 Å². The Bertz CT molecular complexity index is 1330. The molecule has 1 N–H and O–H groups in total. The first-order valence-corrected chi connectivity index (χ1v) is 11.7. The third-order valence-corrected chi connectivity index (χ3v) is 5.69. The molecular formula is C27H25BrN4O2. The quantitative estimate of drug-likeness (QED) is 0.243. The minimum absolute atomic E-state index is 0.279. The van der Waals surface area contributed by atoms with Crippen LogP contribution in [0.3, 0.4) is 0 Å². The lowest BCUT2D eigenvalue weighted by molar-refractivity contribution is 0.0955. The molecule has 4 rings (SSSR count). The van der Waals surface area contributed by atoms with Crippen LogP contribution in [0.1, 0.15) is 38.4 Å². The molecule has 1 aromatic heterocycles. The van der Waals surface area contributed by atoms with E-state index in [0.717, 1.165) is 32.6 Å². The molecule has 7 heteroatoms. The van der Waals surface area contributed by atoms with Gasteiger partial charge in [0.05, 0.1) is 18.5 Å². The second-order valence-corrected chi connectivity index (χ2v) is 8.86. The molecule has 1 heterocycles. The van der Waals surface area contributed by atoms with Gasteiger partial charge in [-0.05, 0) is 67.4 Å². The molecule has 4 aromatic rings. The summed E-state index contributed by atoms with van der Waals surface area (Å²) in [6, 6.07) is 25.0. The van der Waals surface area contributed by atoms with E-state index in [1.54, 1.807) is 12.3 Å². The summed E-state index contributed by atoms with van der Waals surface area (Å²) in [4.78, 5) is 12.7. The van der Waals surface area contributed by atoms with Crippen LogP contribution in [0.25, 0.3) is 0 Å². The smallest absolute Gasteiger partial charge is 0.271 e. The van der Waals surface area contributed by atoms with Crippen LogP contribution < -0.4 is 10.2 Å². The number of hydrogen-bond acceptors (Lipinski definition) is 4. The zero-order valence-corrected chi connectivity index (χ0v) is 20.6. The van der Waals surface area contributed by atoms with E-state index in [1.807, 2.05) is 91.3 Å². The van der Waals surface area contributed by atoms with Gasteiger partial charge in [0, 0.05) is 21.3 Å². The Morgan fingerprint density at radius 1 is 1.03 bits per heavy atom. The van der Waals surface area contributed by atoms with Crippen LogP contribution in [0.2, 0.25) is 0 Å². The molecule has 0 unspecified atom stereocenters. The van der Waals surface area contributed by atoms with E-state index in [-0.39, 0.29) is 5.91 Å². The normalized spacial score (nSPS) is 11.0. The number of carbonyl (C=O) groups excluding carboxylic acids is 1. The van der Waals surface area contributed by atoms with E-state index in [4.69, 9.17) is 4.74 Å². The number of aromatic nitrogens is 2. The van der Waals surface area contributed by atoms with Crippen molar-refractivity contribution in [1.82, 2.24) is 15.2 Å². The van der Waals surface area contributed by atoms with Crippen LogP contribution in [0.5, 0.6) is 5.75 Å². The Labute approximate surface area is 207 Å². The topological polar surface area (TPSA) is 68.5 Å². The SMILES string of the molecule is Cc1cc(C)n(Cc2cccc(C(=O)N/N=C/c3ccccc3OCc3cccc(Br)c3)c2)n1. The van der Waals surface area contributed by atoms with Crippen LogP contribution in [0, 0.1) is 13.8 Å².